The van der Waals surface area contributed by atoms with E-state index in [9.17, 15) is 0 Å². The second kappa shape index (κ2) is 5.72. The SMILES string of the molecule is BrCc1nnc(CC2CCCCCC2)n1C1CC1. The van der Waals surface area contributed by atoms with Gasteiger partial charge in [-0.15, -0.1) is 10.2 Å². The van der Waals surface area contributed by atoms with E-state index < -0.39 is 0 Å². The van der Waals surface area contributed by atoms with Crippen molar-refractivity contribution in [1.29, 1.82) is 0 Å². The molecule has 0 atom stereocenters. The molecule has 0 N–H and O–H groups in total. The summed E-state index contributed by atoms with van der Waals surface area (Å²) >= 11 is 3.53. The van der Waals surface area contributed by atoms with Crippen molar-refractivity contribution >= 4 is 15.9 Å². The first kappa shape index (κ1) is 12.6. The molecule has 2 aliphatic rings. The summed E-state index contributed by atoms with van der Waals surface area (Å²) < 4.78 is 2.42. The molecule has 0 bridgehead atoms. The van der Waals surface area contributed by atoms with Gasteiger partial charge in [0.05, 0.1) is 5.33 Å². The lowest BCUT2D eigenvalue weighted by molar-refractivity contribution is 0.437. The Kier molecular flexibility index (Phi) is 4.02. The van der Waals surface area contributed by atoms with Crippen molar-refractivity contribution in [2.24, 2.45) is 5.92 Å². The third kappa shape index (κ3) is 2.79. The molecule has 2 saturated carbocycles. The Morgan fingerprint density at radius 1 is 0.944 bits per heavy atom. The van der Waals surface area contributed by atoms with E-state index in [1.807, 2.05) is 0 Å². The van der Waals surface area contributed by atoms with Crippen LogP contribution < -0.4 is 0 Å². The lowest BCUT2D eigenvalue weighted by Gasteiger charge is -2.14. The van der Waals surface area contributed by atoms with Gasteiger partial charge in [0.2, 0.25) is 0 Å². The molecule has 4 heteroatoms. The molecule has 3 rings (SSSR count). The van der Waals surface area contributed by atoms with Gasteiger partial charge in [-0.25, -0.2) is 0 Å². The monoisotopic (exact) mass is 311 g/mol. The molecule has 0 aliphatic heterocycles. The van der Waals surface area contributed by atoms with Crippen LogP contribution in [-0.2, 0) is 11.8 Å². The summed E-state index contributed by atoms with van der Waals surface area (Å²) in [7, 11) is 0. The number of aromatic nitrogens is 3. The molecule has 2 fully saturated rings. The molecule has 2 aliphatic carbocycles. The van der Waals surface area contributed by atoms with Crippen LogP contribution in [0, 0.1) is 5.92 Å². The Hall–Kier alpha value is -0.380. The van der Waals surface area contributed by atoms with Crippen LogP contribution in [0.1, 0.15) is 69.1 Å². The van der Waals surface area contributed by atoms with Gasteiger partial charge in [0.25, 0.3) is 0 Å². The second-order valence-corrected chi connectivity index (χ2v) is 6.39. The number of halogens is 1. The van der Waals surface area contributed by atoms with E-state index in [-0.39, 0.29) is 0 Å². The van der Waals surface area contributed by atoms with Crippen LogP contribution in [0.4, 0.5) is 0 Å². The molecular formula is C14H22BrN3. The predicted octanol–water partition coefficient (Wildman–Crippen LogP) is 4.02. The summed E-state index contributed by atoms with van der Waals surface area (Å²) in [5.41, 5.74) is 0. The highest BCUT2D eigenvalue weighted by Gasteiger charge is 2.29. The van der Waals surface area contributed by atoms with Crippen molar-refractivity contribution in [3.05, 3.63) is 11.6 Å². The van der Waals surface area contributed by atoms with Crippen LogP contribution in [0.5, 0.6) is 0 Å². The fourth-order valence-corrected chi connectivity index (χ4v) is 3.55. The molecule has 100 valence electrons. The quantitative estimate of drug-likeness (QED) is 0.621. The van der Waals surface area contributed by atoms with Crippen molar-refractivity contribution in [2.45, 2.75) is 69.2 Å². The number of alkyl halides is 1. The Labute approximate surface area is 117 Å². The van der Waals surface area contributed by atoms with Gasteiger partial charge in [0, 0.05) is 12.5 Å². The molecule has 0 unspecified atom stereocenters. The van der Waals surface area contributed by atoms with Gasteiger partial charge in [-0.05, 0) is 18.8 Å². The minimum Gasteiger partial charge on any atom is -0.311 e. The summed E-state index contributed by atoms with van der Waals surface area (Å²) in [4.78, 5) is 0. The van der Waals surface area contributed by atoms with Crippen molar-refractivity contribution in [3.63, 3.8) is 0 Å². The molecule has 0 saturated heterocycles. The van der Waals surface area contributed by atoms with E-state index in [0.29, 0.717) is 6.04 Å². The van der Waals surface area contributed by atoms with E-state index >= 15 is 0 Å². The zero-order valence-corrected chi connectivity index (χ0v) is 12.5. The van der Waals surface area contributed by atoms with Crippen molar-refractivity contribution < 1.29 is 0 Å². The Balaban J connectivity index is 1.73. The first-order valence-corrected chi connectivity index (χ1v) is 8.49. The van der Waals surface area contributed by atoms with Crippen LogP contribution in [0.3, 0.4) is 0 Å². The Morgan fingerprint density at radius 2 is 1.61 bits per heavy atom. The zero-order chi connectivity index (χ0) is 12.4. The van der Waals surface area contributed by atoms with Crippen molar-refractivity contribution in [1.82, 2.24) is 14.8 Å². The van der Waals surface area contributed by atoms with Crippen LogP contribution >= 0.6 is 15.9 Å². The lowest BCUT2D eigenvalue weighted by atomic mass is 9.96. The summed E-state index contributed by atoms with van der Waals surface area (Å²) in [5.74, 6) is 3.22. The van der Waals surface area contributed by atoms with Gasteiger partial charge in [0.1, 0.15) is 11.6 Å². The number of rotatable bonds is 4. The molecule has 1 heterocycles. The fourth-order valence-electron chi connectivity index (χ4n) is 3.17. The largest absolute Gasteiger partial charge is 0.311 e. The highest BCUT2D eigenvalue weighted by Crippen LogP contribution is 2.38. The van der Waals surface area contributed by atoms with Crippen LogP contribution in [0.25, 0.3) is 0 Å². The smallest absolute Gasteiger partial charge is 0.143 e. The average Bonchev–Trinajstić information content (AvgIpc) is 3.17. The normalized spacial score (nSPS) is 22.1. The van der Waals surface area contributed by atoms with Gasteiger partial charge in [-0.2, -0.15) is 0 Å². The Bertz CT molecular complexity index is 390. The van der Waals surface area contributed by atoms with Crippen molar-refractivity contribution in [2.75, 3.05) is 0 Å². The summed E-state index contributed by atoms with van der Waals surface area (Å²) in [6.45, 7) is 0. The molecule has 1 aromatic heterocycles. The van der Waals surface area contributed by atoms with Gasteiger partial charge in [-0.3, -0.25) is 0 Å². The molecule has 3 nitrogen and oxygen atoms in total. The van der Waals surface area contributed by atoms with E-state index in [1.165, 1.54) is 57.2 Å². The number of hydrogen-bond donors (Lipinski definition) is 0. The maximum absolute atomic E-state index is 4.46. The third-order valence-electron chi connectivity index (χ3n) is 4.31. The van der Waals surface area contributed by atoms with E-state index in [0.717, 1.165) is 23.5 Å². The second-order valence-electron chi connectivity index (χ2n) is 5.83. The van der Waals surface area contributed by atoms with Crippen LogP contribution in [-0.4, -0.2) is 14.8 Å². The first-order valence-electron chi connectivity index (χ1n) is 7.37. The Morgan fingerprint density at radius 3 is 2.22 bits per heavy atom. The van der Waals surface area contributed by atoms with Gasteiger partial charge < -0.3 is 4.57 Å². The van der Waals surface area contributed by atoms with E-state index in [4.69, 9.17) is 0 Å². The van der Waals surface area contributed by atoms with Crippen LogP contribution in [0.15, 0.2) is 0 Å². The summed E-state index contributed by atoms with van der Waals surface area (Å²) in [6, 6.07) is 0.702. The third-order valence-corrected chi connectivity index (χ3v) is 4.82. The maximum Gasteiger partial charge on any atom is 0.143 e. The predicted molar refractivity (Wildman–Crippen MR) is 75.8 cm³/mol. The van der Waals surface area contributed by atoms with Crippen molar-refractivity contribution in [3.8, 4) is 0 Å². The van der Waals surface area contributed by atoms with Gasteiger partial charge >= 0.3 is 0 Å². The van der Waals surface area contributed by atoms with Gasteiger partial charge in [0.15, 0.2) is 0 Å². The number of hydrogen-bond acceptors (Lipinski definition) is 2. The summed E-state index contributed by atoms with van der Waals surface area (Å²) in [5, 5.41) is 9.64. The topological polar surface area (TPSA) is 30.7 Å². The minimum atomic E-state index is 0.702. The molecular weight excluding hydrogens is 290 g/mol. The molecule has 0 spiro atoms. The van der Waals surface area contributed by atoms with E-state index in [1.54, 1.807) is 0 Å². The molecule has 0 radical (unpaired) electrons. The first-order chi connectivity index (χ1) is 8.88. The zero-order valence-electron chi connectivity index (χ0n) is 10.9. The molecule has 1 aromatic rings. The number of nitrogens with zero attached hydrogens (tertiary/aromatic N) is 3. The molecule has 0 amide bonds. The molecule has 18 heavy (non-hydrogen) atoms. The van der Waals surface area contributed by atoms with Gasteiger partial charge in [-0.1, -0.05) is 54.5 Å². The molecule has 0 aromatic carbocycles. The average molecular weight is 312 g/mol. The minimum absolute atomic E-state index is 0.702. The van der Waals surface area contributed by atoms with Crippen LogP contribution in [0.2, 0.25) is 0 Å². The summed E-state index contributed by atoms with van der Waals surface area (Å²) in [6.07, 6.45) is 12.2. The fraction of sp³-hybridized carbons (Fsp3) is 0.857. The maximum atomic E-state index is 4.46. The standard InChI is InChI=1S/C14H22BrN3/c15-10-14-17-16-13(18(14)12-7-8-12)9-11-5-3-1-2-4-6-11/h11-12H,1-10H2. The highest BCUT2D eigenvalue weighted by atomic mass is 79.9. The highest BCUT2D eigenvalue weighted by molar-refractivity contribution is 9.08. The van der Waals surface area contributed by atoms with E-state index in [2.05, 4.69) is 30.7 Å². The lowest BCUT2D eigenvalue weighted by Crippen LogP contribution is -2.11.